The standard InChI is InChI=1S/C25H34N4O4S/c1-3-4-17-29(2)34(32,33)21-15-13-19(14-16-21)26-18-24(30)28-23-12-8-7-11-22(23)25(31)27-20-9-5-6-10-20/h7-8,11-16,20,26H,3-6,9-10,17-18H2,1-2H3,(H,27,31)(H,28,30). The van der Waals surface area contributed by atoms with Crippen LogP contribution in [-0.2, 0) is 14.8 Å². The second-order valence-electron chi connectivity index (χ2n) is 8.61. The fraction of sp³-hybridized carbons (Fsp3) is 0.440. The largest absolute Gasteiger partial charge is 0.376 e. The number of hydrogen-bond donors (Lipinski definition) is 3. The molecule has 0 radical (unpaired) electrons. The van der Waals surface area contributed by atoms with Gasteiger partial charge in [0.25, 0.3) is 5.91 Å². The Morgan fingerprint density at radius 3 is 2.38 bits per heavy atom. The quantitative estimate of drug-likeness (QED) is 0.447. The van der Waals surface area contributed by atoms with E-state index in [9.17, 15) is 18.0 Å². The number of nitrogens with one attached hydrogen (secondary N) is 3. The molecule has 0 heterocycles. The van der Waals surface area contributed by atoms with Crippen LogP contribution in [0.2, 0.25) is 0 Å². The first kappa shape index (κ1) is 25.7. The third-order valence-electron chi connectivity index (χ3n) is 5.98. The number of rotatable bonds is 11. The molecule has 9 heteroatoms. The first-order valence-corrected chi connectivity index (χ1v) is 13.2. The van der Waals surface area contributed by atoms with Gasteiger partial charge >= 0.3 is 0 Å². The van der Waals surface area contributed by atoms with Gasteiger partial charge in [-0.1, -0.05) is 38.3 Å². The van der Waals surface area contributed by atoms with Crippen molar-refractivity contribution in [3.05, 3.63) is 54.1 Å². The maximum absolute atomic E-state index is 12.7. The van der Waals surface area contributed by atoms with Gasteiger partial charge in [-0.05, 0) is 55.7 Å². The highest BCUT2D eigenvalue weighted by atomic mass is 32.2. The molecule has 0 aromatic heterocycles. The predicted octanol–water partition coefficient (Wildman–Crippen LogP) is 3.83. The summed E-state index contributed by atoms with van der Waals surface area (Å²) in [4.78, 5) is 25.4. The fourth-order valence-electron chi connectivity index (χ4n) is 3.93. The van der Waals surface area contributed by atoms with Crippen molar-refractivity contribution in [2.24, 2.45) is 0 Å². The van der Waals surface area contributed by atoms with E-state index in [0.29, 0.717) is 23.5 Å². The van der Waals surface area contributed by atoms with E-state index in [1.807, 2.05) is 6.92 Å². The molecule has 1 aliphatic carbocycles. The van der Waals surface area contributed by atoms with Crippen LogP contribution in [0, 0.1) is 0 Å². The molecule has 0 saturated heterocycles. The van der Waals surface area contributed by atoms with Crippen molar-refractivity contribution in [2.75, 3.05) is 30.8 Å². The maximum atomic E-state index is 12.7. The summed E-state index contributed by atoms with van der Waals surface area (Å²) in [5.41, 5.74) is 1.52. The van der Waals surface area contributed by atoms with Crippen molar-refractivity contribution in [1.82, 2.24) is 9.62 Å². The Bertz CT molecular complexity index is 1080. The van der Waals surface area contributed by atoms with Crippen molar-refractivity contribution >= 4 is 33.2 Å². The summed E-state index contributed by atoms with van der Waals surface area (Å²) in [5, 5.41) is 8.83. The monoisotopic (exact) mass is 486 g/mol. The molecule has 0 aliphatic heterocycles. The number of anilines is 2. The van der Waals surface area contributed by atoms with Gasteiger partial charge in [-0.15, -0.1) is 0 Å². The predicted molar refractivity (Wildman–Crippen MR) is 134 cm³/mol. The van der Waals surface area contributed by atoms with Crippen LogP contribution >= 0.6 is 0 Å². The molecule has 1 saturated carbocycles. The van der Waals surface area contributed by atoms with Crippen molar-refractivity contribution in [3.8, 4) is 0 Å². The minimum Gasteiger partial charge on any atom is -0.376 e. The van der Waals surface area contributed by atoms with E-state index in [2.05, 4.69) is 16.0 Å². The zero-order valence-electron chi connectivity index (χ0n) is 19.8. The molecule has 34 heavy (non-hydrogen) atoms. The van der Waals surface area contributed by atoms with Gasteiger partial charge in [0.1, 0.15) is 0 Å². The number of unbranched alkanes of at least 4 members (excludes halogenated alkanes) is 1. The van der Waals surface area contributed by atoms with Crippen LogP contribution in [0.15, 0.2) is 53.4 Å². The number of para-hydroxylation sites is 1. The summed E-state index contributed by atoms with van der Waals surface area (Å²) in [7, 11) is -1.96. The number of carbonyl (C=O) groups excluding carboxylic acids is 2. The molecule has 1 fully saturated rings. The second kappa shape index (κ2) is 12.0. The minimum atomic E-state index is -3.53. The smallest absolute Gasteiger partial charge is 0.253 e. The van der Waals surface area contributed by atoms with Gasteiger partial charge in [-0.2, -0.15) is 0 Å². The number of benzene rings is 2. The van der Waals surface area contributed by atoms with Gasteiger partial charge in [0.05, 0.1) is 22.7 Å². The van der Waals surface area contributed by atoms with E-state index in [4.69, 9.17) is 0 Å². The van der Waals surface area contributed by atoms with Gasteiger partial charge in [0.2, 0.25) is 15.9 Å². The van der Waals surface area contributed by atoms with E-state index in [1.165, 1.54) is 16.4 Å². The highest BCUT2D eigenvalue weighted by Crippen LogP contribution is 2.21. The third-order valence-corrected chi connectivity index (χ3v) is 7.85. The lowest BCUT2D eigenvalue weighted by atomic mass is 10.1. The molecule has 0 atom stereocenters. The lowest BCUT2D eigenvalue weighted by Gasteiger charge is -2.17. The molecule has 1 aliphatic rings. The number of amides is 2. The summed E-state index contributed by atoms with van der Waals surface area (Å²) in [6, 6.07) is 13.5. The first-order valence-electron chi connectivity index (χ1n) is 11.8. The highest BCUT2D eigenvalue weighted by molar-refractivity contribution is 7.89. The van der Waals surface area contributed by atoms with Gasteiger partial charge in [-0.25, -0.2) is 12.7 Å². The average molecular weight is 487 g/mol. The summed E-state index contributed by atoms with van der Waals surface area (Å²) in [6.45, 7) is 2.46. The Morgan fingerprint density at radius 1 is 1.03 bits per heavy atom. The van der Waals surface area contributed by atoms with Crippen molar-refractivity contribution in [3.63, 3.8) is 0 Å². The Morgan fingerprint density at radius 2 is 1.71 bits per heavy atom. The van der Waals surface area contributed by atoms with Crippen LogP contribution < -0.4 is 16.0 Å². The fourth-order valence-corrected chi connectivity index (χ4v) is 5.14. The van der Waals surface area contributed by atoms with E-state index >= 15 is 0 Å². The van der Waals surface area contributed by atoms with Gasteiger partial charge in [0, 0.05) is 25.3 Å². The molecule has 0 unspecified atom stereocenters. The van der Waals surface area contributed by atoms with Gasteiger partial charge in [0.15, 0.2) is 0 Å². The molecular formula is C25H34N4O4S. The number of hydrogen-bond acceptors (Lipinski definition) is 5. The molecule has 2 amide bonds. The lowest BCUT2D eigenvalue weighted by molar-refractivity contribution is -0.114. The number of carbonyl (C=O) groups is 2. The molecule has 0 spiro atoms. The van der Waals surface area contributed by atoms with Crippen LogP contribution in [-0.4, -0.2) is 50.7 Å². The Balaban J connectivity index is 1.56. The SMILES string of the molecule is CCCCN(C)S(=O)(=O)c1ccc(NCC(=O)Nc2ccccc2C(=O)NC2CCCC2)cc1. The van der Waals surface area contributed by atoms with Gasteiger partial charge in [-0.3, -0.25) is 9.59 Å². The molecule has 2 aromatic rings. The van der Waals surface area contributed by atoms with E-state index in [1.54, 1.807) is 43.4 Å². The zero-order chi connectivity index (χ0) is 24.6. The molecule has 184 valence electrons. The first-order chi connectivity index (χ1) is 16.3. The third kappa shape index (κ3) is 6.80. The van der Waals surface area contributed by atoms with Crippen molar-refractivity contribution in [2.45, 2.75) is 56.4 Å². The molecule has 2 aromatic carbocycles. The van der Waals surface area contributed by atoms with Crippen molar-refractivity contribution < 1.29 is 18.0 Å². The number of sulfonamides is 1. The van der Waals surface area contributed by atoms with E-state index in [0.717, 1.165) is 38.5 Å². The molecule has 0 bridgehead atoms. The molecular weight excluding hydrogens is 452 g/mol. The minimum absolute atomic E-state index is 0.0267. The zero-order valence-corrected chi connectivity index (χ0v) is 20.7. The number of nitrogens with zero attached hydrogens (tertiary/aromatic N) is 1. The van der Waals surface area contributed by atoms with E-state index < -0.39 is 10.0 Å². The summed E-state index contributed by atoms with van der Waals surface area (Å²) >= 11 is 0. The lowest BCUT2D eigenvalue weighted by Crippen LogP contribution is -2.33. The Kier molecular flexibility index (Phi) is 9.06. The molecule has 3 rings (SSSR count). The van der Waals surface area contributed by atoms with E-state index in [-0.39, 0.29) is 29.3 Å². The summed E-state index contributed by atoms with van der Waals surface area (Å²) < 4.78 is 26.6. The van der Waals surface area contributed by atoms with Gasteiger partial charge < -0.3 is 16.0 Å². The molecule has 8 nitrogen and oxygen atoms in total. The van der Waals surface area contributed by atoms with Crippen LogP contribution in [0.5, 0.6) is 0 Å². The average Bonchev–Trinajstić information content (AvgIpc) is 3.34. The van der Waals surface area contributed by atoms with Crippen LogP contribution in [0.3, 0.4) is 0 Å². The summed E-state index contributed by atoms with van der Waals surface area (Å²) in [6.07, 6.45) is 5.93. The van der Waals surface area contributed by atoms with Crippen LogP contribution in [0.25, 0.3) is 0 Å². The maximum Gasteiger partial charge on any atom is 0.253 e. The Hall–Kier alpha value is -2.91. The second-order valence-corrected chi connectivity index (χ2v) is 10.7. The van der Waals surface area contributed by atoms with Crippen LogP contribution in [0.1, 0.15) is 55.8 Å². The molecule has 3 N–H and O–H groups in total. The topological polar surface area (TPSA) is 108 Å². The van der Waals surface area contributed by atoms with Crippen LogP contribution in [0.4, 0.5) is 11.4 Å². The highest BCUT2D eigenvalue weighted by Gasteiger charge is 2.21. The van der Waals surface area contributed by atoms with Crippen molar-refractivity contribution in [1.29, 1.82) is 0 Å². The normalized spacial score (nSPS) is 14.2. The summed E-state index contributed by atoms with van der Waals surface area (Å²) in [5.74, 6) is -0.492. The Labute approximate surface area is 202 Å².